The van der Waals surface area contributed by atoms with Crippen molar-refractivity contribution >= 4 is 38.4 Å². The maximum absolute atomic E-state index is 13.0. The van der Waals surface area contributed by atoms with Crippen molar-refractivity contribution in [2.24, 2.45) is 0 Å². The molecule has 4 aromatic rings. The first-order chi connectivity index (χ1) is 12.2. The number of hydrogen-bond acceptors (Lipinski definition) is 6. The third-order valence-corrected chi connectivity index (χ3v) is 4.75. The molecule has 0 aliphatic heterocycles. The van der Waals surface area contributed by atoms with E-state index in [4.69, 9.17) is 0 Å². The van der Waals surface area contributed by atoms with Gasteiger partial charge in [-0.3, -0.25) is 9.69 Å². The number of aryl methyl sites for hydroxylation is 1. The van der Waals surface area contributed by atoms with Crippen LogP contribution in [-0.2, 0) is 0 Å². The molecule has 0 unspecified atom stereocenters. The highest BCUT2D eigenvalue weighted by Gasteiger charge is 2.24. The number of carbonyl (C=O) groups is 1. The van der Waals surface area contributed by atoms with E-state index in [1.807, 2.05) is 37.3 Å². The SMILES string of the molecule is C=CCN(C(=O)c1nc2nccc(C)n2n1)c1nc2ccccc2s1. The topological polar surface area (TPSA) is 76.3 Å². The maximum atomic E-state index is 13.0. The smallest absolute Gasteiger partial charge is 0.277 e. The lowest BCUT2D eigenvalue weighted by Crippen LogP contribution is -2.31. The van der Waals surface area contributed by atoms with Crippen molar-refractivity contribution in [3.63, 3.8) is 0 Å². The van der Waals surface area contributed by atoms with Crippen molar-refractivity contribution in [2.75, 3.05) is 11.4 Å². The third-order valence-electron chi connectivity index (χ3n) is 3.69. The molecule has 124 valence electrons. The standard InChI is InChI=1S/C17H14N6OS/c1-3-10-22(17-19-12-6-4-5-7-13(12)25-17)15(24)14-20-16-18-9-8-11(2)23(16)21-14/h3-9H,1,10H2,2H3. The molecular formula is C17H14N6OS. The van der Waals surface area contributed by atoms with Crippen LogP contribution in [0.3, 0.4) is 0 Å². The van der Waals surface area contributed by atoms with Crippen molar-refractivity contribution in [3.05, 3.63) is 60.7 Å². The Morgan fingerprint density at radius 1 is 1.32 bits per heavy atom. The van der Waals surface area contributed by atoms with Gasteiger partial charge in [-0.1, -0.05) is 29.5 Å². The summed E-state index contributed by atoms with van der Waals surface area (Å²) in [6, 6.07) is 9.57. The average Bonchev–Trinajstić information content (AvgIpc) is 3.23. The van der Waals surface area contributed by atoms with Gasteiger partial charge in [-0.2, -0.15) is 4.98 Å². The number of benzene rings is 1. The molecule has 0 saturated heterocycles. The molecule has 0 bridgehead atoms. The molecule has 8 heteroatoms. The average molecular weight is 350 g/mol. The summed E-state index contributed by atoms with van der Waals surface area (Å²) in [5.74, 6) is 0.151. The Kier molecular flexibility index (Phi) is 3.73. The van der Waals surface area contributed by atoms with Crippen LogP contribution in [-0.4, -0.2) is 37.0 Å². The number of amides is 1. The number of thiazole rings is 1. The second-order valence-corrected chi connectivity index (χ2v) is 6.41. The quantitative estimate of drug-likeness (QED) is 0.529. The summed E-state index contributed by atoms with van der Waals surface area (Å²) in [6.07, 6.45) is 3.30. The first-order valence-electron chi connectivity index (χ1n) is 7.64. The van der Waals surface area contributed by atoms with E-state index in [2.05, 4.69) is 26.6 Å². The van der Waals surface area contributed by atoms with Gasteiger partial charge in [0, 0.05) is 18.4 Å². The molecule has 0 aliphatic rings. The monoisotopic (exact) mass is 350 g/mol. The Labute approximate surface area is 147 Å². The van der Waals surface area contributed by atoms with Crippen LogP contribution in [0.15, 0.2) is 49.2 Å². The molecule has 25 heavy (non-hydrogen) atoms. The maximum Gasteiger partial charge on any atom is 0.300 e. The lowest BCUT2D eigenvalue weighted by Gasteiger charge is -2.15. The van der Waals surface area contributed by atoms with Crippen LogP contribution in [0.2, 0.25) is 0 Å². The zero-order valence-electron chi connectivity index (χ0n) is 13.5. The van der Waals surface area contributed by atoms with E-state index in [-0.39, 0.29) is 11.7 Å². The minimum absolute atomic E-state index is 0.0860. The molecule has 0 atom stereocenters. The molecule has 4 rings (SSSR count). The fourth-order valence-electron chi connectivity index (χ4n) is 2.47. The van der Waals surface area contributed by atoms with E-state index >= 15 is 0 Å². The molecule has 7 nitrogen and oxygen atoms in total. The highest BCUT2D eigenvalue weighted by molar-refractivity contribution is 7.22. The van der Waals surface area contributed by atoms with Crippen molar-refractivity contribution < 1.29 is 4.79 Å². The largest absolute Gasteiger partial charge is 0.300 e. The predicted octanol–water partition coefficient (Wildman–Crippen LogP) is 2.88. The van der Waals surface area contributed by atoms with E-state index < -0.39 is 0 Å². The third kappa shape index (κ3) is 2.66. The summed E-state index contributed by atoms with van der Waals surface area (Å²) in [5, 5.41) is 4.88. The summed E-state index contributed by atoms with van der Waals surface area (Å²) in [6.45, 7) is 5.94. The van der Waals surface area contributed by atoms with Crippen LogP contribution in [0.25, 0.3) is 16.0 Å². The molecule has 3 heterocycles. The normalized spacial score (nSPS) is 11.1. The van der Waals surface area contributed by atoms with Gasteiger partial charge in [0.1, 0.15) is 0 Å². The van der Waals surface area contributed by atoms with E-state index in [9.17, 15) is 4.79 Å². The van der Waals surface area contributed by atoms with E-state index in [0.717, 1.165) is 15.9 Å². The number of aromatic nitrogens is 5. The summed E-state index contributed by atoms with van der Waals surface area (Å²) in [7, 11) is 0. The van der Waals surface area contributed by atoms with Crippen LogP contribution in [0.4, 0.5) is 5.13 Å². The van der Waals surface area contributed by atoms with Crippen LogP contribution in [0.5, 0.6) is 0 Å². The van der Waals surface area contributed by atoms with E-state index in [1.165, 1.54) is 16.2 Å². The molecule has 0 saturated carbocycles. The van der Waals surface area contributed by atoms with Gasteiger partial charge in [-0.05, 0) is 25.1 Å². The summed E-state index contributed by atoms with van der Waals surface area (Å²) >= 11 is 1.45. The van der Waals surface area contributed by atoms with E-state index in [1.54, 1.807) is 16.8 Å². The lowest BCUT2D eigenvalue weighted by atomic mass is 10.3. The van der Waals surface area contributed by atoms with Crippen LogP contribution >= 0.6 is 11.3 Å². The predicted molar refractivity (Wildman–Crippen MR) is 97.0 cm³/mol. The number of rotatable bonds is 4. The molecule has 0 spiro atoms. The van der Waals surface area contributed by atoms with Gasteiger partial charge in [0.05, 0.1) is 10.2 Å². The lowest BCUT2D eigenvalue weighted by molar-refractivity contribution is 0.0980. The number of fused-ring (bicyclic) bond motifs is 2. The fraction of sp³-hybridized carbons (Fsp3) is 0.118. The molecule has 3 aromatic heterocycles. The number of hydrogen-bond donors (Lipinski definition) is 0. The minimum atomic E-state index is -0.330. The summed E-state index contributed by atoms with van der Waals surface area (Å²) < 4.78 is 2.57. The number of anilines is 1. The first kappa shape index (κ1) is 15.4. The van der Waals surface area contributed by atoms with Crippen molar-refractivity contribution in [3.8, 4) is 0 Å². The number of nitrogens with zero attached hydrogens (tertiary/aromatic N) is 6. The van der Waals surface area contributed by atoms with Gasteiger partial charge >= 0.3 is 0 Å². The molecule has 0 N–H and O–H groups in total. The van der Waals surface area contributed by atoms with Crippen molar-refractivity contribution in [2.45, 2.75) is 6.92 Å². The number of carbonyl (C=O) groups excluding carboxylic acids is 1. The van der Waals surface area contributed by atoms with Gasteiger partial charge < -0.3 is 0 Å². The Balaban J connectivity index is 1.77. The Hall–Kier alpha value is -3.13. The number of para-hydroxylation sites is 1. The molecular weight excluding hydrogens is 336 g/mol. The molecule has 0 radical (unpaired) electrons. The second kappa shape index (κ2) is 6.06. The zero-order chi connectivity index (χ0) is 17.4. The molecule has 0 aliphatic carbocycles. The molecule has 1 amide bonds. The van der Waals surface area contributed by atoms with Crippen molar-refractivity contribution in [1.29, 1.82) is 0 Å². The van der Waals surface area contributed by atoms with Gasteiger partial charge in [0.25, 0.3) is 11.7 Å². The Morgan fingerprint density at radius 3 is 2.92 bits per heavy atom. The van der Waals surface area contributed by atoms with Crippen LogP contribution in [0, 0.1) is 6.92 Å². The van der Waals surface area contributed by atoms with Gasteiger partial charge in [0.2, 0.25) is 5.82 Å². The van der Waals surface area contributed by atoms with Gasteiger partial charge in [-0.15, -0.1) is 11.7 Å². The fourth-order valence-corrected chi connectivity index (χ4v) is 3.44. The van der Waals surface area contributed by atoms with E-state index in [0.29, 0.717) is 17.5 Å². The highest BCUT2D eigenvalue weighted by atomic mass is 32.1. The first-order valence-corrected chi connectivity index (χ1v) is 8.46. The minimum Gasteiger partial charge on any atom is -0.277 e. The Bertz CT molecular complexity index is 1070. The molecule has 0 fully saturated rings. The van der Waals surface area contributed by atoms with Crippen LogP contribution < -0.4 is 4.90 Å². The highest BCUT2D eigenvalue weighted by Crippen LogP contribution is 2.29. The zero-order valence-corrected chi connectivity index (χ0v) is 14.3. The van der Waals surface area contributed by atoms with Crippen LogP contribution in [0.1, 0.15) is 16.3 Å². The second-order valence-electron chi connectivity index (χ2n) is 5.40. The Morgan fingerprint density at radius 2 is 2.16 bits per heavy atom. The molecule has 1 aromatic carbocycles. The van der Waals surface area contributed by atoms with Gasteiger partial charge in [-0.25, -0.2) is 14.5 Å². The summed E-state index contributed by atoms with van der Waals surface area (Å²) in [5.41, 5.74) is 1.71. The van der Waals surface area contributed by atoms with Gasteiger partial charge in [0.15, 0.2) is 5.13 Å². The van der Waals surface area contributed by atoms with Crippen molar-refractivity contribution in [1.82, 2.24) is 24.6 Å². The summed E-state index contributed by atoms with van der Waals surface area (Å²) in [4.78, 5) is 27.4.